The SMILES string of the molecule is CO[C@H]1CN(C)C(=O)c2cc(NC(=O)NC3CCCC3)ccc2OC[C@H](C)N(CC2CC2)C[C@@H]1C. The standard InChI is InChI=1S/C27H42N4O4/c1-18-14-31(15-20-9-10-20)19(2)17-35-24-12-11-22(29-27(33)28-21-7-5-6-8-21)13-23(24)26(32)30(3)16-25(18)34-4/h11-13,18-21,25H,5-10,14-17H2,1-4H3,(H2,28,29,33)/t18-,19-,25-/m0/s1. The Hall–Kier alpha value is -2.32. The van der Waals surface area contributed by atoms with Gasteiger partial charge in [-0.2, -0.15) is 0 Å². The second kappa shape index (κ2) is 11.6. The first-order valence-electron chi connectivity index (χ1n) is 13.2. The van der Waals surface area contributed by atoms with E-state index < -0.39 is 0 Å². The highest BCUT2D eigenvalue weighted by molar-refractivity contribution is 5.99. The van der Waals surface area contributed by atoms with Crippen molar-refractivity contribution in [3.63, 3.8) is 0 Å². The van der Waals surface area contributed by atoms with Crippen molar-refractivity contribution in [3.8, 4) is 5.75 Å². The topological polar surface area (TPSA) is 83.1 Å². The fourth-order valence-electron chi connectivity index (χ4n) is 5.24. The van der Waals surface area contributed by atoms with Crippen molar-refractivity contribution in [1.82, 2.24) is 15.1 Å². The molecule has 2 aliphatic carbocycles. The van der Waals surface area contributed by atoms with Gasteiger partial charge in [-0.25, -0.2) is 4.79 Å². The van der Waals surface area contributed by atoms with Gasteiger partial charge in [0.15, 0.2) is 0 Å². The van der Waals surface area contributed by atoms with E-state index in [1.54, 1.807) is 37.3 Å². The molecule has 0 radical (unpaired) electrons. The Labute approximate surface area is 209 Å². The summed E-state index contributed by atoms with van der Waals surface area (Å²) in [6.45, 7) is 7.36. The predicted molar refractivity (Wildman–Crippen MR) is 137 cm³/mol. The summed E-state index contributed by atoms with van der Waals surface area (Å²) in [6, 6.07) is 5.54. The van der Waals surface area contributed by atoms with Gasteiger partial charge in [0.25, 0.3) is 5.91 Å². The van der Waals surface area contributed by atoms with Gasteiger partial charge in [-0.3, -0.25) is 9.69 Å². The lowest BCUT2D eigenvalue weighted by molar-refractivity contribution is 0.00994. The summed E-state index contributed by atoms with van der Waals surface area (Å²) in [7, 11) is 3.52. The molecule has 3 amide bonds. The van der Waals surface area contributed by atoms with Gasteiger partial charge in [-0.05, 0) is 62.6 Å². The van der Waals surface area contributed by atoms with Crippen molar-refractivity contribution in [2.45, 2.75) is 70.6 Å². The Morgan fingerprint density at radius 1 is 1.14 bits per heavy atom. The average molecular weight is 487 g/mol. The van der Waals surface area contributed by atoms with Gasteiger partial charge in [0.2, 0.25) is 0 Å². The molecule has 0 unspecified atom stereocenters. The molecule has 3 atom stereocenters. The average Bonchev–Trinajstić information content (AvgIpc) is 3.51. The number of rotatable bonds is 5. The zero-order valence-electron chi connectivity index (χ0n) is 21.7. The molecule has 8 heteroatoms. The van der Waals surface area contributed by atoms with Gasteiger partial charge in [-0.15, -0.1) is 0 Å². The van der Waals surface area contributed by atoms with Gasteiger partial charge in [-0.1, -0.05) is 19.8 Å². The van der Waals surface area contributed by atoms with Crippen molar-refractivity contribution < 1.29 is 19.1 Å². The van der Waals surface area contributed by atoms with E-state index in [1.165, 1.54) is 12.8 Å². The minimum Gasteiger partial charge on any atom is -0.491 e. The van der Waals surface area contributed by atoms with Crippen molar-refractivity contribution >= 4 is 17.6 Å². The monoisotopic (exact) mass is 486 g/mol. The molecule has 4 rings (SSSR count). The molecule has 2 saturated carbocycles. The van der Waals surface area contributed by atoms with Crippen LogP contribution in [0.2, 0.25) is 0 Å². The van der Waals surface area contributed by atoms with Gasteiger partial charge in [0.05, 0.1) is 11.7 Å². The first-order chi connectivity index (χ1) is 16.8. The van der Waals surface area contributed by atoms with Crippen LogP contribution in [0.1, 0.15) is 62.7 Å². The van der Waals surface area contributed by atoms with Crippen LogP contribution in [0, 0.1) is 11.8 Å². The number of nitrogens with one attached hydrogen (secondary N) is 2. The smallest absolute Gasteiger partial charge is 0.319 e. The second-order valence-electron chi connectivity index (χ2n) is 10.8. The normalized spacial score (nSPS) is 26.9. The minimum atomic E-state index is -0.232. The number of likely N-dealkylation sites (N-methyl/N-ethyl adjacent to an activating group) is 1. The summed E-state index contributed by atoms with van der Waals surface area (Å²) in [5.41, 5.74) is 1.03. The lowest BCUT2D eigenvalue weighted by atomic mass is 10.0. The molecular formula is C27H42N4O4. The third-order valence-electron chi connectivity index (χ3n) is 7.71. The van der Waals surface area contributed by atoms with E-state index in [0.29, 0.717) is 30.2 Å². The lowest BCUT2D eigenvalue weighted by Crippen LogP contribution is -2.47. The molecule has 0 aromatic heterocycles. The molecule has 1 aromatic rings. The lowest BCUT2D eigenvalue weighted by Gasteiger charge is -2.36. The molecule has 2 fully saturated rings. The van der Waals surface area contributed by atoms with E-state index in [4.69, 9.17) is 9.47 Å². The summed E-state index contributed by atoms with van der Waals surface area (Å²) in [5.74, 6) is 1.45. The fourth-order valence-corrected chi connectivity index (χ4v) is 5.24. The molecule has 0 saturated heterocycles. The molecule has 0 bridgehead atoms. The highest BCUT2D eigenvalue weighted by Gasteiger charge is 2.31. The maximum atomic E-state index is 13.5. The first-order valence-corrected chi connectivity index (χ1v) is 13.2. The Kier molecular flexibility index (Phi) is 8.55. The van der Waals surface area contributed by atoms with Gasteiger partial charge in [0, 0.05) is 51.6 Å². The third kappa shape index (κ3) is 6.88. The Morgan fingerprint density at radius 3 is 2.57 bits per heavy atom. The zero-order chi connectivity index (χ0) is 24.9. The number of carbonyl (C=O) groups excluding carboxylic acids is 2. The van der Waals surface area contributed by atoms with Crippen molar-refractivity contribution in [3.05, 3.63) is 23.8 Å². The maximum absolute atomic E-state index is 13.5. The van der Waals surface area contributed by atoms with Crippen LogP contribution in [0.3, 0.4) is 0 Å². The van der Waals surface area contributed by atoms with Crippen molar-refractivity contribution in [2.75, 3.05) is 45.7 Å². The number of fused-ring (bicyclic) bond motifs is 1. The zero-order valence-corrected chi connectivity index (χ0v) is 21.7. The molecule has 1 aromatic carbocycles. The summed E-state index contributed by atoms with van der Waals surface area (Å²) < 4.78 is 12.1. The number of methoxy groups -OCH3 is 1. The number of hydrogen-bond acceptors (Lipinski definition) is 5. The number of urea groups is 1. The van der Waals surface area contributed by atoms with Crippen LogP contribution >= 0.6 is 0 Å². The number of carbonyl (C=O) groups is 2. The first kappa shape index (κ1) is 25.8. The molecule has 35 heavy (non-hydrogen) atoms. The highest BCUT2D eigenvalue weighted by Crippen LogP contribution is 2.32. The molecular weight excluding hydrogens is 444 g/mol. The van der Waals surface area contributed by atoms with Crippen molar-refractivity contribution in [2.24, 2.45) is 11.8 Å². The van der Waals surface area contributed by atoms with Crippen LogP contribution in [0.25, 0.3) is 0 Å². The quantitative estimate of drug-likeness (QED) is 0.658. The van der Waals surface area contributed by atoms with Gasteiger partial charge in [0.1, 0.15) is 12.4 Å². The number of hydrogen-bond donors (Lipinski definition) is 2. The van der Waals surface area contributed by atoms with Gasteiger partial charge >= 0.3 is 6.03 Å². The Balaban J connectivity index is 1.54. The van der Waals surface area contributed by atoms with Crippen LogP contribution in [-0.2, 0) is 4.74 Å². The third-order valence-corrected chi connectivity index (χ3v) is 7.71. The van der Waals surface area contributed by atoms with Crippen LogP contribution in [0.15, 0.2) is 18.2 Å². The number of ether oxygens (including phenoxy) is 2. The fraction of sp³-hybridized carbons (Fsp3) is 0.704. The van der Waals surface area contributed by atoms with E-state index in [1.807, 2.05) is 0 Å². The number of amides is 3. The molecule has 2 N–H and O–H groups in total. The van der Waals surface area contributed by atoms with E-state index in [0.717, 1.165) is 44.7 Å². The summed E-state index contributed by atoms with van der Waals surface area (Å²) in [4.78, 5) is 30.2. The number of nitrogens with zero attached hydrogens (tertiary/aromatic N) is 2. The maximum Gasteiger partial charge on any atom is 0.319 e. The molecule has 1 heterocycles. The molecule has 0 spiro atoms. The summed E-state index contributed by atoms with van der Waals surface area (Å²) >= 11 is 0. The Morgan fingerprint density at radius 2 is 1.89 bits per heavy atom. The number of anilines is 1. The largest absolute Gasteiger partial charge is 0.491 e. The predicted octanol–water partition coefficient (Wildman–Crippen LogP) is 3.97. The van der Waals surface area contributed by atoms with E-state index in [-0.39, 0.29) is 36.0 Å². The Bertz CT molecular complexity index is 884. The molecule has 1 aliphatic heterocycles. The highest BCUT2D eigenvalue weighted by atomic mass is 16.5. The van der Waals surface area contributed by atoms with Gasteiger partial charge < -0.3 is 25.0 Å². The molecule has 194 valence electrons. The molecule has 8 nitrogen and oxygen atoms in total. The second-order valence-corrected chi connectivity index (χ2v) is 10.8. The minimum absolute atomic E-state index is 0.0693. The summed E-state index contributed by atoms with van der Waals surface area (Å²) in [6.07, 6.45) is 6.87. The van der Waals surface area contributed by atoms with Crippen LogP contribution in [-0.4, -0.2) is 80.3 Å². The summed E-state index contributed by atoms with van der Waals surface area (Å²) in [5, 5.41) is 5.94. The van der Waals surface area contributed by atoms with Crippen LogP contribution in [0.5, 0.6) is 5.75 Å². The van der Waals surface area contributed by atoms with Crippen LogP contribution < -0.4 is 15.4 Å². The van der Waals surface area contributed by atoms with E-state index in [2.05, 4.69) is 29.4 Å². The van der Waals surface area contributed by atoms with Crippen LogP contribution in [0.4, 0.5) is 10.5 Å². The van der Waals surface area contributed by atoms with Crippen molar-refractivity contribution in [1.29, 1.82) is 0 Å². The van der Waals surface area contributed by atoms with E-state index in [9.17, 15) is 9.59 Å². The van der Waals surface area contributed by atoms with E-state index >= 15 is 0 Å². The molecule has 3 aliphatic rings. The number of benzene rings is 1.